The molecule has 1 saturated heterocycles. The summed E-state index contributed by atoms with van der Waals surface area (Å²) in [7, 11) is 0. The molecule has 2 atom stereocenters. The molecule has 1 aromatic heterocycles. The lowest BCUT2D eigenvalue weighted by molar-refractivity contribution is 0.376. The molecule has 2 heterocycles. The van der Waals surface area contributed by atoms with Crippen molar-refractivity contribution in [3.8, 4) is 11.4 Å². The van der Waals surface area contributed by atoms with Gasteiger partial charge < -0.3 is 10.6 Å². The van der Waals surface area contributed by atoms with Crippen LogP contribution in [0.4, 0.5) is 5.95 Å². The van der Waals surface area contributed by atoms with Gasteiger partial charge in [0, 0.05) is 32.7 Å². The van der Waals surface area contributed by atoms with Gasteiger partial charge in [0.05, 0.1) is 0 Å². The van der Waals surface area contributed by atoms with Crippen LogP contribution in [0.25, 0.3) is 11.4 Å². The first-order valence-corrected chi connectivity index (χ1v) is 8.80. The predicted octanol–water partition coefficient (Wildman–Crippen LogP) is 3.01. The number of benzene rings is 1. The Kier molecular flexibility index (Phi) is 4.51. The van der Waals surface area contributed by atoms with Gasteiger partial charge in [0.25, 0.3) is 0 Å². The van der Waals surface area contributed by atoms with Gasteiger partial charge in [0.1, 0.15) is 0 Å². The molecular weight excluding hydrogens is 445 g/mol. The third-order valence-electron chi connectivity index (χ3n) is 3.96. The quantitative estimate of drug-likeness (QED) is 0.674. The monoisotopic (exact) mass is 461 g/mol. The Labute approximate surface area is 146 Å². The molecular formula is C14H17BrIN5. The summed E-state index contributed by atoms with van der Waals surface area (Å²) in [5, 5.41) is 7.41. The third-order valence-corrected chi connectivity index (χ3v) is 5.39. The molecule has 1 aromatic carbocycles. The van der Waals surface area contributed by atoms with E-state index in [-0.39, 0.29) is 6.04 Å². The van der Waals surface area contributed by atoms with Crippen LogP contribution in [0.15, 0.2) is 22.7 Å². The van der Waals surface area contributed by atoms with E-state index in [9.17, 15) is 0 Å². The maximum Gasteiger partial charge on any atom is 0.245 e. The summed E-state index contributed by atoms with van der Waals surface area (Å²) in [5.74, 6) is 2.09. The minimum Gasteiger partial charge on any atom is -0.338 e. The zero-order valence-corrected chi connectivity index (χ0v) is 15.4. The van der Waals surface area contributed by atoms with E-state index in [1.54, 1.807) is 0 Å². The van der Waals surface area contributed by atoms with Crippen LogP contribution in [0, 0.1) is 9.49 Å². The van der Waals surface area contributed by atoms with Gasteiger partial charge in [-0.25, -0.2) is 0 Å². The van der Waals surface area contributed by atoms with E-state index >= 15 is 0 Å². The molecule has 1 aliphatic rings. The lowest BCUT2D eigenvalue weighted by Crippen LogP contribution is -2.48. The highest BCUT2D eigenvalue weighted by molar-refractivity contribution is 14.1. The van der Waals surface area contributed by atoms with Crippen molar-refractivity contribution in [1.29, 1.82) is 0 Å². The summed E-state index contributed by atoms with van der Waals surface area (Å²) in [6.45, 7) is 3.98. The van der Waals surface area contributed by atoms with E-state index < -0.39 is 0 Å². The van der Waals surface area contributed by atoms with Crippen LogP contribution >= 0.6 is 38.5 Å². The first-order chi connectivity index (χ1) is 10.0. The Bertz CT molecular complexity index is 644. The first kappa shape index (κ1) is 15.2. The van der Waals surface area contributed by atoms with E-state index in [0.717, 1.165) is 44.9 Å². The second kappa shape index (κ2) is 6.21. The largest absolute Gasteiger partial charge is 0.338 e. The Balaban J connectivity index is 1.85. The second-order valence-corrected chi connectivity index (χ2v) is 7.56. The molecule has 0 amide bonds. The second-order valence-electron chi connectivity index (χ2n) is 5.48. The van der Waals surface area contributed by atoms with Crippen molar-refractivity contribution < 1.29 is 0 Å². The van der Waals surface area contributed by atoms with Gasteiger partial charge >= 0.3 is 0 Å². The van der Waals surface area contributed by atoms with Gasteiger partial charge in [0.2, 0.25) is 5.95 Å². The van der Waals surface area contributed by atoms with Crippen LogP contribution in [0.3, 0.4) is 0 Å². The number of H-pyrrole nitrogens is 1. The average Bonchev–Trinajstić information content (AvgIpc) is 2.94. The number of nitrogens with two attached hydrogens (primary N) is 1. The molecule has 5 nitrogen and oxygen atoms in total. The minimum atomic E-state index is 0.187. The summed E-state index contributed by atoms with van der Waals surface area (Å²) in [6, 6.07) is 6.32. The van der Waals surface area contributed by atoms with Gasteiger partial charge in [-0.3, -0.25) is 5.10 Å². The number of rotatable bonds is 2. The van der Waals surface area contributed by atoms with Crippen LogP contribution in [0.5, 0.6) is 0 Å². The Hall–Kier alpha value is -0.670. The number of hydrogen-bond donors (Lipinski definition) is 2. The van der Waals surface area contributed by atoms with Crippen molar-refractivity contribution in [1.82, 2.24) is 15.2 Å². The van der Waals surface area contributed by atoms with Crippen molar-refractivity contribution in [2.45, 2.75) is 19.4 Å². The van der Waals surface area contributed by atoms with Gasteiger partial charge in [0.15, 0.2) is 5.82 Å². The van der Waals surface area contributed by atoms with Crippen molar-refractivity contribution >= 4 is 44.5 Å². The van der Waals surface area contributed by atoms with Crippen LogP contribution in [-0.4, -0.2) is 34.3 Å². The molecule has 0 spiro atoms. The van der Waals surface area contributed by atoms with E-state index in [2.05, 4.69) is 77.7 Å². The highest BCUT2D eigenvalue weighted by atomic mass is 127. The van der Waals surface area contributed by atoms with Crippen molar-refractivity contribution in [3.63, 3.8) is 0 Å². The molecule has 3 N–H and O–H groups in total. The smallest absolute Gasteiger partial charge is 0.245 e. The summed E-state index contributed by atoms with van der Waals surface area (Å²) in [5.41, 5.74) is 7.21. The van der Waals surface area contributed by atoms with E-state index in [1.165, 1.54) is 0 Å². The number of aromatic nitrogens is 3. The molecule has 21 heavy (non-hydrogen) atoms. The van der Waals surface area contributed by atoms with Crippen molar-refractivity contribution in [2.75, 3.05) is 18.0 Å². The fraction of sp³-hybridized carbons (Fsp3) is 0.429. The van der Waals surface area contributed by atoms with Gasteiger partial charge in [-0.2, -0.15) is 4.98 Å². The highest BCUT2D eigenvalue weighted by Gasteiger charge is 2.25. The summed E-state index contributed by atoms with van der Waals surface area (Å²) >= 11 is 5.81. The molecule has 0 radical (unpaired) electrons. The Morgan fingerprint density at radius 3 is 3.05 bits per heavy atom. The molecule has 7 heteroatoms. The number of aromatic amines is 1. The van der Waals surface area contributed by atoms with Gasteiger partial charge in [-0.15, -0.1) is 5.10 Å². The molecule has 1 fully saturated rings. The van der Waals surface area contributed by atoms with E-state index in [4.69, 9.17) is 5.73 Å². The van der Waals surface area contributed by atoms with E-state index in [1.807, 2.05) is 6.07 Å². The normalized spacial score (nSPS) is 22.6. The average molecular weight is 462 g/mol. The fourth-order valence-electron chi connectivity index (χ4n) is 2.47. The first-order valence-electron chi connectivity index (χ1n) is 6.93. The lowest BCUT2D eigenvalue weighted by atomic mass is 9.95. The summed E-state index contributed by atoms with van der Waals surface area (Å²) in [6.07, 6.45) is 1.08. The number of anilines is 1. The predicted molar refractivity (Wildman–Crippen MR) is 96.2 cm³/mol. The topological polar surface area (TPSA) is 70.8 Å². The fourth-order valence-corrected chi connectivity index (χ4v) is 3.43. The van der Waals surface area contributed by atoms with Crippen molar-refractivity contribution in [3.05, 3.63) is 26.2 Å². The summed E-state index contributed by atoms with van der Waals surface area (Å²) < 4.78 is 2.17. The minimum absolute atomic E-state index is 0.187. The molecule has 0 saturated carbocycles. The Morgan fingerprint density at radius 1 is 1.48 bits per heavy atom. The molecule has 112 valence electrons. The summed E-state index contributed by atoms with van der Waals surface area (Å²) in [4.78, 5) is 6.81. The number of piperidine rings is 1. The van der Waals surface area contributed by atoms with E-state index in [0.29, 0.717) is 5.92 Å². The van der Waals surface area contributed by atoms with Gasteiger partial charge in [-0.05, 0) is 53.1 Å². The van der Waals surface area contributed by atoms with Crippen LogP contribution in [0.1, 0.15) is 13.3 Å². The SMILES string of the molecule is CC1CCN(c2n[nH]c(-c3cc(Br)ccc3I)n2)CC1N. The van der Waals surface area contributed by atoms with Crippen LogP contribution in [0.2, 0.25) is 0 Å². The highest BCUT2D eigenvalue weighted by Crippen LogP contribution is 2.27. The molecule has 2 unspecified atom stereocenters. The van der Waals surface area contributed by atoms with Gasteiger partial charge in [-0.1, -0.05) is 22.9 Å². The molecule has 0 bridgehead atoms. The molecule has 1 aliphatic heterocycles. The maximum absolute atomic E-state index is 6.15. The lowest BCUT2D eigenvalue weighted by Gasteiger charge is -2.34. The number of halogens is 2. The standard InChI is InChI=1S/C14H17BrIN5/c1-8-4-5-21(7-12(8)17)14-18-13(19-20-14)10-6-9(15)2-3-11(10)16/h2-3,6,8,12H,4-5,7,17H2,1H3,(H,18,19,20). The third kappa shape index (κ3) is 3.24. The molecule has 2 aromatic rings. The van der Waals surface area contributed by atoms with Crippen LogP contribution < -0.4 is 10.6 Å². The zero-order chi connectivity index (χ0) is 15.0. The Morgan fingerprint density at radius 2 is 2.29 bits per heavy atom. The number of nitrogens with zero attached hydrogens (tertiary/aromatic N) is 3. The van der Waals surface area contributed by atoms with Crippen LogP contribution in [-0.2, 0) is 0 Å². The van der Waals surface area contributed by atoms with Crippen molar-refractivity contribution in [2.24, 2.45) is 11.7 Å². The maximum atomic E-state index is 6.15. The zero-order valence-electron chi connectivity index (χ0n) is 11.7. The molecule has 0 aliphatic carbocycles. The number of hydrogen-bond acceptors (Lipinski definition) is 4. The number of nitrogens with one attached hydrogen (secondary N) is 1. The molecule has 3 rings (SSSR count).